The molecule has 0 spiro atoms. The van der Waals surface area contributed by atoms with Crippen molar-refractivity contribution in [2.45, 2.75) is 39.3 Å². The first-order valence-electron chi connectivity index (χ1n) is 7.42. The van der Waals surface area contributed by atoms with Crippen LogP contribution in [0.25, 0.3) is 10.9 Å². The van der Waals surface area contributed by atoms with Crippen LogP contribution in [0.2, 0.25) is 0 Å². The third-order valence-corrected chi connectivity index (χ3v) is 2.96. The molecule has 22 heavy (non-hydrogen) atoms. The number of anilines is 1. The van der Waals surface area contributed by atoms with Crippen LogP contribution in [0.4, 0.5) is 10.5 Å². The van der Waals surface area contributed by atoms with Gasteiger partial charge in [-0.05, 0) is 39.8 Å². The van der Waals surface area contributed by atoms with Crippen LogP contribution in [0.5, 0.6) is 0 Å². The van der Waals surface area contributed by atoms with Gasteiger partial charge >= 0.3 is 6.09 Å². The van der Waals surface area contributed by atoms with E-state index in [-0.39, 0.29) is 6.04 Å². The minimum atomic E-state index is -0.483. The summed E-state index contributed by atoms with van der Waals surface area (Å²) in [5.74, 6) is 0. The summed E-state index contributed by atoms with van der Waals surface area (Å²) in [4.78, 5) is 16.0. The molecule has 1 atom stereocenters. The monoisotopic (exact) mass is 301 g/mol. The number of para-hydroxylation sites is 1. The Hall–Kier alpha value is -2.30. The second-order valence-electron chi connectivity index (χ2n) is 6.34. The molecule has 0 saturated carbocycles. The highest BCUT2D eigenvalue weighted by Gasteiger charge is 2.16. The molecule has 0 fully saturated rings. The van der Waals surface area contributed by atoms with E-state index in [9.17, 15) is 4.79 Å². The molecule has 2 rings (SSSR count). The van der Waals surface area contributed by atoms with Gasteiger partial charge in [0.05, 0.1) is 17.4 Å². The number of fused-ring (bicyclic) bond motifs is 1. The van der Waals surface area contributed by atoms with Gasteiger partial charge in [-0.15, -0.1) is 0 Å². The van der Waals surface area contributed by atoms with Crippen molar-refractivity contribution in [2.75, 3.05) is 11.9 Å². The van der Waals surface area contributed by atoms with E-state index < -0.39 is 11.7 Å². The Morgan fingerprint density at radius 3 is 2.77 bits per heavy atom. The number of hydrogen-bond donors (Lipinski definition) is 2. The van der Waals surface area contributed by atoms with Gasteiger partial charge in [-0.25, -0.2) is 4.79 Å². The van der Waals surface area contributed by atoms with E-state index in [2.05, 4.69) is 15.6 Å². The number of pyridine rings is 1. The van der Waals surface area contributed by atoms with Gasteiger partial charge in [0.2, 0.25) is 0 Å². The topological polar surface area (TPSA) is 63.2 Å². The van der Waals surface area contributed by atoms with Gasteiger partial charge in [0.15, 0.2) is 0 Å². The number of rotatable bonds is 4. The molecule has 1 aromatic carbocycles. The van der Waals surface area contributed by atoms with Crippen LogP contribution in [-0.4, -0.2) is 29.3 Å². The van der Waals surface area contributed by atoms with Gasteiger partial charge in [0.1, 0.15) is 5.60 Å². The summed E-state index contributed by atoms with van der Waals surface area (Å²) in [6.07, 6.45) is 1.39. The van der Waals surface area contributed by atoms with Crippen LogP contribution in [0.1, 0.15) is 27.7 Å². The van der Waals surface area contributed by atoms with Crippen molar-refractivity contribution in [1.29, 1.82) is 0 Å². The van der Waals surface area contributed by atoms with E-state index >= 15 is 0 Å². The van der Waals surface area contributed by atoms with Crippen LogP contribution < -0.4 is 10.6 Å². The van der Waals surface area contributed by atoms with Crippen LogP contribution in [0, 0.1) is 0 Å². The molecule has 0 aliphatic carbocycles. The Bertz CT molecular complexity index is 650. The van der Waals surface area contributed by atoms with E-state index in [1.165, 1.54) is 0 Å². The first-order chi connectivity index (χ1) is 10.3. The second-order valence-corrected chi connectivity index (χ2v) is 6.34. The van der Waals surface area contributed by atoms with Crippen molar-refractivity contribution in [2.24, 2.45) is 0 Å². The van der Waals surface area contributed by atoms with E-state index in [1.807, 2.05) is 58.0 Å². The minimum absolute atomic E-state index is 0.0653. The van der Waals surface area contributed by atoms with Gasteiger partial charge in [-0.1, -0.05) is 18.2 Å². The lowest BCUT2D eigenvalue weighted by Crippen LogP contribution is -2.38. The molecule has 118 valence electrons. The number of hydrogen-bond acceptors (Lipinski definition) is 4. The number of carbonyl (C=O) groups excluding carboxylic acids is 1. The first-order valence-corrected chi connectivity index (χ1v) is 7.42. The van der Waals surface area contributed by atoms with Gasteiger partial charge < -0.3 is 15.4 Å². The largest absolute Gasteiger partial charge is 0.444 e. The highest BCUT2D eigenvalue weighted by atomic mass is 16.6. The van der Waals surface area contributed by atoms with Gasteiger partial charge in [-0.3, -0.25) is 4.98 Å². The molecular formula is C17H23N3O2. The molecule has 0 aliphatic heterocycles. The maximum atomic E-state index is 11.6. The molecule has 0 aliphatic rings. The number of aromatic nitrogens is 1. The van der Waals surface area contributed by atoms with Crippen LogP contribution in [-0.2, 0) is 4.74 Å². The lowest BCUT2D eigenvalue weighted by molar-refractivity contribution is 0.0526. The number of benzene rings is 1. The van der Waals surface area contributed by atoms with Crippen LogP contribution in [0.15, 0.2) is 36.5 Å². The first kappa shape index (κ1) is 16.1. The Morgan fingerprint density at radius 2 is 2.05 bits per heavy atom. The fraction of sp³-hybridized carbons (Fsp3) is 0.412. The maximum Gasteiger partial charge on any atom is 0.407 e. The van der Waals surface area contributed by atoms with Crippen LogP contribution in [0.3, 0.4) is 0 Å². The third-order valence-electron chi connectivity index (χ3n) is 2.96. The van der Waals surface area contributed by atoms with Crippen molar-refractivity contribution in [3.8, 4) is 0 Å². The zero-order valence-electron chi connectivity index (χ0n) is 13.5. The number of nitrogens with one attached hydrogen (secondary N) is 2. The van der Waals surface area contributed by atoms with Crippen molar-refractivity contribution in [3.05, 3.63) is 36.5 Å². The normalized spacial score (nSPS) is 12.7. The summed E-state index contributed by atoms with van der Waals surface area (Å²) in [6.45, 7) is 7.99. The molecule has 5 nitrogen and oxygen atoms in total. The standard InChI is InChI=1S/C17H23N3O2/c1-12(10-19-16(21)22-17(2,3)4)20-14-9-13-7-5-6-8-15(13)18-11-14/h5-9,11-12,20H,10H2,1-4H3,(H,19,21). The zero-order valence-corrected chi connectivity index (χ0v) is 13.5. The molecule has 5 heteroatoms. The van der Waals surface area contributed by atoms with E-state index in [1.54, 1.807) is 6.20 Å². The molecule has 0 saturated heterocycles. The second kappa shape index (κ2) is 6.64. The molecule has 2 aromatic rings. The highest BCUT2D eigenvalue weighted by Crippen LogP contribution is 2.16. The summed E-state index contributed by atoms with van der Waals surface area (Å²) in [6, 6.07) is 10.1. The SMILES string of the molecule is CC(CNC(=O)OC(C)(C)C)Nc1cnc2ccccc2c1. The van der Waals surface area contributed by atoms with E-state index in [0.717, 1.165) is 16.6 Å². The minimum Gasteiger partial charge on any atom is -0.444 e. The quantitative estimate of drug-likeness (QED) is 0.906. The predicted octanol–water partition coefficient (Wildman–Crippen LogP) is 3.56. The van der Waals surface area contributed by atoms with Crippen molar-refractivity contribution < 1.29 is 9.53 Å². The number of nitrogens with zero attached hydrogens (tertiary/aromatic N) is 1. The zero-order chi connectivity index (χ0) is 16.2. The molecule has 0 radical (unpaired) electrons. The summed E-state index contributed by atoms with van der Waals surface area (Å²) < 4.78 is 5.21. The summed E-state index contributed by atoms with van der Waals surface area (Å²) in [5.41, 5.74) is 1.41. The Labute approximate surface area is 131 Å². The van der Waals surface area contributed by atoms with Crippen molar-refractivity contribution >= 4 is 22.7 Å². The molecule has 1 amide bonds. The Balaban J connectivity index is 1.88. The molecule has 2 N–H and O–H groups in total. The van der Waals surface area contributed by atoms with Crippen LogP contribution >= 0.6 is 0 Å². The number of ether oxygens (including phenoxy) is 1. The van der Waals surface area contributed by atoms with E-state index in [4.69, 9.17) is 4.74 Å². The number of alkyl carbamates (subject to hydrolysis) is 1. The Morgan fingerprint density at radius 1 is 1.32 bits per heavy atom. The summed E-state index contributed by atoms with van der Waals surface area (Å²) in [5, 5.41) is 7.15. The fourth-order valence-electron chi connectivity index (χ4n) is 2.04. The van der Waals surface area contributed by atoms with Gasteiger partial charge in [0, 0.05) is 18.0 Å². The lowest BCUT2D eigenvalue weighted by Gasteiger charge is -2.21. The highest BCUT2D eigenvalue weighted by molar-refractivity contribution is 5.81. The van der Waals surface area contributed by atoms with Gasteiger partial charge in [-0.2, -0.15) is 0 Å². The molecule has 1 unspecified atom stereocenters. The summed E-state index contributed by atoms with van der Waals surface area (Å²) in [7, 11) is 0. The number of carbonyl (C=O) groups is 1. The lowest BCUT2D eigenvalue weighted by atomic mass is 10.2. The Kier molecular flexibility index (Phi) is 4.85. The van der Waals surface area contributed by atoms with Crippen molar-refractivity contribution in [3.63, 3.8) is 0 Å². The molecule has 0 bridgehead atoms. The molecule has 1 aromatic heterocycles. The summed E-state index contributed by atoms with van der Waals surface area (Å²) >= 11 is 0. The molecular weight excluding hydrogens is 278 g/mol. The van der Waals surface area contributed by atoms with Gasteiger partial charge in [0.25, 0.3) is 0 Å². The maximum absolute atomic E-state index is 11.6. The van der Waals surface area contributed by atoms with E-state index in [0.29, 0.717) is 6.54 Å². The third kappa shape index (κ3) is 4.91. The molecule has 1 heterocycles. The predicted molar refractivity (Wildman–Crippen MR) is 89.1 cm³/mol. The van der Waals surface area contributed by atoms with Crippen molar-refractivity contribution in [1.82, 2.24) is 10.3 Å². The average Bonchev–Trinajstić information content (AvgIpc) is 2.43. The fourth-order valence-corrected chi connectivity index (χ4v) is 2.04. The smallest absolute Gasteiger partial charge is 0.407 e. The average molecular weight is 301 g/mol. The number of amides is 1.